The summed E-state index contributed by atoms with van der Waals surface area (Å²) in [6.45, 7) is 8.11. The molecule has 0 amide bonds. The van der Waals surface area contributed by atoms with Crippen molar-refractivity contribution in [1.82, 2.24) is 0 Å². The Kier molecular flexibility index (Phi) is 4.72. The van der Waals surface area contributed by atoms with Gasteiger partial charge in [-0.05, 0) is 31.7 Å². The van der Waals surface area contributed by atoms with Gasteiger partial charge in [0.1, 0.15) is 5.78 Å². The van der Waals surface area contributed by atoms with Crippen LogP contribution in [0.5, 0.6) is 0 Å². The zero-order valence-electron chi connectivity index (χ0n) is 10.8. The van der Waals surface area contributed by atoms with Crippen LogP contribution in [-0.2, 0) is 11.2 Å². The van der Waals surface area contributed by atoms with Crippen LogP contribution in [-0.4, -0.2) is 5.78 Å². The van der Waals surface area contributed by atoms with Crippen LogP contribution in [0.15, 0.2) is 24.3 Å². The summed E-state index contributed by atoms with van der Waals surface area (Å²) in [4.78, 5) is 11.6. The normalized spacial score (nSPS) is 14.5. The highest BCUT2D eigenvalue weighted by Crippen LogP contribution is 2.21. The van der Waals surface area contributed by atoms with Crippen molar-refractivity contribution < 1.29 is 4.79 Å². The monoisotopic (exact) mass is 218 g/mol. The van der Waals surface area contributed by atoms with Gasteiger partial charge in [0.05, 0.1) is 0 Å². The first kappa shape index (κ1) is 13.0. The maximum atomic E-state index is 11.6. The Hall–Kier alpha value is -1.11. The summed E-state index contributed by atoms with van der Waals surface area (Å²) >= 11 is 0. The summed E-state index contributed by atoms with van der Waals surface area (Å²) < 4.78 is 0. The molecular formula is C15H22O. The summed E-state index contributed by atoms with van der Waals surface area (Å²) in [6, 6.07) is 8.49. The van der Waals surface area contributed by atoms with Crippen molar-refractivity contribution in [2.75, 3.05) is 0 Å². The average Bonchev–Trinajstić information content (AvgIpc) is 2.27. The van der Waals surface area contributed by atoms with Crippen molar-refractivity contribution in [2.24, 2.45) is 11.8 Å². The van der Waals surface area contributed by atoms with Gasteiger partial charge in [0.25, 0.3) is 0 Å². The maximum absolute atomic E-state index is 11.6. The van der Waals surface area contributed by atoms with Crippen LogP contribution in [0.3, 0.4) is 0 Å². The molecule has 0 aromatic heterocycles. The number of Topliss-reactive ketones (excluding diaryl/α,β-unsaturated/α-hetero) is 1. The number of rotatable bonds is 5. The molecule has 0 spiro atoms. The molecule has 0 aliphatic carbocycles. The van der Waals surface area contributed by atoms with E-state index in [1.54, 1.807) is 6.92 Å². The number of benzene rings is 1. The Labute approximate surface area is 98.9 Å². The Morgan fingerprint density at radius 3 is 2.25 bits per heavy atom. The minimum Gasteiger partial charge on any atom is -0.300 e. The quantitative estimate of drug-likeness (QED) is 0.735. The molecule has 0 fully saturated rings. The summed E-state index contributed by atoms with van der Waals surface area (Å²) in [5.74, 6) is 0.960. The van der Waals surface area contributed by atoms with Gasteiger partial charge in [0.15, 0.2) is 0 Å². The maximum Gasteiger partial charge on any atom is 0.133 e. The van der Waals surface area contributed by atoms with Gasteiger partial charge in [-0.1, -0.05) is 50.1 Å². The van der Waals surface area contributed by atoms with Gasteiger partial charge >= 0.3 is 0 Å². The third kappa shape index (κ3) is 3.48. The Bertz CT molecular complexity index is 337. The molecule has 0 aliphatic rings. The average molecular weight is 218 g/mol. The van der Waals surface area contributed by atoms with Gasteiger partial charge in [-0.15, -0.1) is 0 Å². The van der Waals surface area contributed by atoms with E-state index in [4.69, 9.17) is 0 Å². The standard InChI is InChI=1S/C15H22O/c1-5-12(3)15(13(4)16)10-14-8-6-11(2)7-9-14/h6-9,12,15H,5,10H2,1-4H3. The van der Waals surface area contributed by atoms with Crippen LogP contribution in [0, 0.1) is 18.8 Å². The van der Waals surface area contributed by atoms with Gasteiger partial charge in [-0.25, -0.2) is 0 Å². The first-order valence-corrected chi connectivity index (χ1v) is 6.10. The third-order valence-corrected chi connectivity index (χ3v) is 3.43. The summed E-state index contributed by atoms with van der Waals surface area (Å²) in [6.07, 6.45) is 1.95. The van der Waals surface area contributed by atoms with Gasteiger partial charge < -0.3 is 0 Å². The number of hydrogen-bond acceptors (Lipinski definition) is 1. The summed E-state index contributed by atoms with van der Waals surface area (Å²) in [5, 5.41) is 0. The van der Waals surface area contributed by atoms with Crippen molar-refractivity contribution in [3.05, 3.63) is 35.4 Å². The molecule has 0 saturated heterocycles. The van der Waals surface area contributed by atoms with E-state index in [1.165, 1.54) is 11.1 Å². The molecule has 1 aromatic carbocycles. The summed E-state index contributed by atoms with van der Waals surface area (Å²) in [7, 11) is 0. The summed E-state index contributed by atoms with van der Waals surface area (Å²) in [5.41, 5.74) is 2.54. The largest absolute Gasteiger partial charge is 0.300 e. The Balaban J connectivity index is 2.75. The fraction of sp³-hybridized carbons (Fsp3) is 0.533. The number of carbonyl (C=O) groups is 1. The van der Waals surface area contributed by atoms with E-state index < -0.39 is 0 Å². The van der Waals surface area contributed by atoms with Crippen LogP contribution in [0.2, 0.25) is 0 Å². The highest BCUT2D eigenvalue weighted by atomic mass is 16.1. The van der Waals surface area contributed by atoms with Gasteiger partial charge in [-0.3, -0.25) is 4.79 Å². The molecule has 2 unspecified atom stereocenters. The second-order valence-corrected chi connectivity index (χ2v) is 4.79. The second kappa shape index (κ2) is 5.83. The molecule has 0 radical (unpaired) electrons. The Morgan fingerprint density at radius 2 is 1.81 bits per heavy atom. The second-order valence-electron chi connectivity index (χ2n) is 4.79. The SMILES string of the molecule is CCC(C)C(Cc1ccc(C)cc1)C(C)=O. The molecule has 0 N–H and O–H groups in total. The number of aryl methyl sites for hydroxylation is 1. The molecule has 0 heterocycles. The molecule has 0 aliphatic heterocycles. The van der Waals surface area contributed by atoms with Crippen molar-refractivity contribution in [1.29, 1.82) is 0 Å². The molecule has 1 rings (SSSR count). The van der Waals surface area contributed by atoms with E-state index >= 15 is 0 Å². The molecule has 16 heavy (non-hydrogen) atoms. The molecule has 88 valence electrons. The van der Waals surface area contributed by atoms with Crippen LogP contribution in [0.4, 0.5) is 0 Å². The molecule has 1 heteroatoms. The van der Waals surface area contributed by atoms with E-state index in [0.717, 1.165) is 12.8 Å². The van der Waals surface area contributed by atoms with Crippen LogP contribution < -0.4 is 0 Å². The molecule has 1 aromatic rings. The van der Waals surface area contributed by atoms with E-state index in [9.17, 15) is 4.79 Å². The first-order chi connectivity index (χ1) is 7.54. The molecule has 0 bridgehead atoms. The highest BCUT2D eigenvalue weighted by Gasteiger charge is 2.20. The smallest absolute Gasteiger partial charge is 0.133 e. The van der Waals surface area contributed by atoms with Crippen molar-refractivity contribution in [3.8, 4) is 0 Å². The van der Waals surface area contributed by atoms with Crippen molar-refractivity contribution in [3.63, 3.8) is 0 Å². The Morgan fingerprint density at radius 1 is 1.25 bits per heavy atom. The van der Waals surface area contributed by atoms with Crippen molar-refractivity contribution in [2.45, 2.75) is 40.5 Å². The molecule has 0 saturated carbocycles. The van der Waals surface area contributed by atoms with Gasteiger partial charge in [0, 0.05) is 5.92 Å². The lowest BCUT2D eigenvalue weighted by Gasteiger charge is -2.20. The third-order valence-electron chi connectivity index (χ3n) is 3.43. The van der Waals surface area contributed by atoms with Gasteiger partial charge in [0.2, 0.25) is 0 Å². The lowest BCUT2D eigenvalue weighted by atomic mass is 9.84. The van der Waals surface area contributed by atoms with Gasteiger partial charge in [-0.2, -0.15) is 0 Å². The van der Waals surface area contributed by atoms with Crippen LogP contribution in [0.1, 0.15) is 38.3 Å². The number of ketones is 1. The topological polar surface area (TPSA) is 17.1 Å². The molecule has 1 nitrogen and oxygen atoms in total. The predicted octanol–water partition coefficient (Wildman–Crippen LogP) is 3.79. The lowest BCUT2D eigenvalue weighted by Crippen LogP contribution is -2.21. The van der Waals surface area contributed by atoms with E-state index in [-0.39, 0.29) is 5.92 Å². The van der Waals surface area contributed by atoms with Crippen LogP contribution >= 0.6 is 0 Å². The lowest BCUT2D eigenvalue weighted by molar-refractivity contribution is -0.122. The van der Waals surface area contributed by atoms with Crippen molar-refractivity contribution >= 4 is 5.78 Å². The first-order valence-electron chi connectivity index (χ1n) is 6.10. The predicted molar refractivity (Wildman–Crippen MR) is 68.5 cm³/mol. The number of hydrogen-bond donors (Lipinski definition) is 0. The molecular weight excluding hydrogens is 196 g/mol. The van der Waals surface area contributed by atoms with E-state index in [1.807, 2.05) is 0 Å². The fourth-order valence-electron chi connectivity index (χ4n) is 2.01. The van der Waals surface area contributed by atoms with E-state index in [2.05, 4.69) is 45.0 Å². The van der Waals surface area contributed by atoms with Crippen LogP contribution in [0.25, 0.3) is 0 Å². The zero-order chi connectivity index (χ0) is 12.1. The van der Waals surface area contributed by atoms with E-state index in [0.29, 0.717) is 11.7 Å². The zero-order valence-corrected chi connectivity index (χ0v) is 10.8. The highest BCUT2D eigenvalue weighted by molar-refractivity contribution is 5.78. The minimum atomic E-state index is 0.174. The fourth-order valence-corrected chi connectivity index (χ4v) is 2.01. The molecule has 2 atom stereocenters. The number of carbonyl (C=O) groups excluding carboxylic acids is 1. The minimum absolute atomic E-state index is 0.174.